The Kier molecular flexibility index (Phi) is 6.84. The first-order valence-electron chi connectivity index (χ1n) is 6.36. The normalized spacial score (nSPS) is 11.4. The molecular formula is C13H17F3N2OS. The van der Waals surface area contributed by atoms with Crippen molar-refractivity contribution in [2.24, 2.45) is 0 Å². The number of halogens is 3. The number of nitrogens with one attached hydrogen (secondary N) is 1. The smallest absolute Gasteiger partial charge is 0.355 e. The van der Waals surface area contributed by atoms with Gasteiger partial charge in [-0.25, -0.2) is 4.98 Å². The molecule has 20 heavy (non-hydrogen) atoms. The van der Waals surface area contributed by atoms with Crippen LogP contribution in [0.15, 0.2) is 23.4 Å². The molecular weight excluding hydrogens is 289 g/mol. The van der Waals surface area contributed by atoms with Crippen molar-refractivity contribution in [1.82, 2.24) is 10.3 Å². The Morgan fingerprint density at radius 2 is 2.10 bits per heavy atom. The topological polar surface area (TPSA) is 42.0 Å². The molecule has 1 rings (SSSR count). The lowest BCUT2D eigenvalue weighted by Gasteiger charge is -2.07. The fourth-order valence-electron chi connectivity index (χ4n) is 1.43. The van der Waals surface area contributed by atoms with Gasteiger partial charge < -0.3 is 5.32 Å². The second-order valence-electron chi connectivity index (χ2n) is 4.23. The molecule has 0 bridgehead atoms. The zero-order chi connectivity index (χ0) is 15.0. The molecule has 3 nitrogen and oxygen atoms in total. The van der Waals surface area contributed by atoms with Crippen molar-refractivity contribution in [2.75, 3.05) is 12.3 Å². The number of aromatic nitrogens is 1. The molecule has 0 fully saturated rings. The number of thioether (sulfide) groups is 1. The maximum absolute atomic E-state index is 12.3. The van der Waals surface area contributed by atoms with E-state index in [9.17, 15) is 18.0 Å². The molecule has 0 saturated carbocycles. The fraction of sp³-hybridized carbons (Fsp3) is 0.538. The van der Waals surface area contributed by atoms with E-state index in [0.29, 0.717) is 11.6 Å². The van der Waals surface area contributed by atoms with Crippen molar-refractivity contribution in [1.29, 1.82) is 0 Å². The number of unbranched alkanes of at least 4 members (excludes halogenated alkanes) is 2. The molecule has 1 heterocycles. The first-order chi connectivity index (χ1) is 9.43. The molecule has 0 radical (unpaired) electrons. The largest absolute Gasteiger partial charge is 0.417 e. The van der Waals surface area contributed by atoms with Gasteiger partial charge in [0.1, 0.15) is 0 Å². The highest BCUT2D eigenvalue weighted by atomic mass is 32.2. The minimum absolute atomic E-state index is 0.132. The Hall–Kier alpha value is -1.24. The van der Waals surface area contributed by atoms with Crippen LogP contribution in [0.4, 0.5) is 13.2 Å². The standard InChI is InChI=1S/C13H17F3N2OS/c1-2-3-4-7-17-11(19)9-20-12-6-5-10(8-18-12)13(14,15)16/h5-6,8H,2-4,7,9H2,1H3,(H,17,19). The van der Waals surface area contributed by atoms with Crippen LogP contribution < -0.4 is 5.32 Å². The lowest BCUT2D eigenvalue weighted by atomic mass is 10.2. The summed E-state index contributed by atoms with van der Waals surface area (Å²) in [6, 6.07) is 2.24. The highest BCUT2D eigenvalue weighted by Crippen LogP contribution is 2.29. The van der Waals surface area contributed by atoms with Gasteiger partial charge in [-0.3, -0.25) is 4.79 Å². The number of nitrogens with zero attached hydrogens (tertiary/aromatic N) is 1. The molecule has 1 aromatic rings. The number of hydrogen-bond donors (Lipinski definition) is 1. The summed E-state index contributed by atoms with van der Waals surface area (Å²) in [5.74, 6) is 0.0256. The predicted molar refractivity (Wildman–Crippen MR) is 72.5 cm³/mol. The summed E-state index contributed by atoms with van der Waals surface area (Å²) in [7, 11) is 0. The molecule has 0 saturated heterocycles. The first-order valence-corrected chi connectivity index (χ1v) is 7.34. The first kappa shape index (κ1) is 16.8. The van der Waals surface area contributed by atoms with Crippen LogP contribution in [0.3, 0.4) is 0 Å². The number of carbonyl (C=O) groups excluding carboxylic acids is 1. The Balaban J connectivity index is 2.33. The number of alkyl halides is 3. The van der Waals surface area contributed by atoms with E-state index in [1.807, 2.05) is 0 Å². The molecule has 0 unspecified atom stereocenters. The Labute approximate surface area is 120 Å². The van der Waals surface area contributed by atoms with Gasteiger partial charge >= 0.3 is 6.18 Å². The van der Waals surface area contributed by atoms with Crippen LogP contribution in [0.2, 0.25) is 0 Å². The van der Waals surface area contributed by atoms with Crippen molar-refractivity contribution >= 4 is 17.7 Å². The van der Waals surface area contributed by atoms with Crippen molar-refractivity contribution in [3.05, 3.63) is 23.9 Å². The molecule has 0 aromatic carbocycles. The summed E-state index contributed by atoms with van der Waals surface area (Å²) in [6.07, 6.45) is -0.520. The molecule has 0 aliphatic heterocycles. The van der Waals surface area contributed by atoms with Gasteiger partial charge in [0.25, 0.3) is 0 Å². The van der Waals surface area contributed by atoms with Gasteiger partial charge in [0.05, 0.1) is 16.3 Å². The third-order valence-corrected chi connectivity index (χ3v) is 3.46. The minimum atomic E-state index is -4.38. The lowest BCUT2D eigenvalue weighted by Crippen LogP contribution is -2.26. The average molecular weight is 306 g/mol. The molecule has 1 N–H and O–H groups in total. The SMILES string of the molecule is CCCCCNC(=O)CSc1ccc(C(F)(F)F)cn1. The number of rotatable bonds is 7. The zero-order valence-corrected chi connectivity index (χ0v) is 12.0. The Morgan fingerprint density at radius 1 is 1.35 bits per heavy atom. The Bertz CT molecular complexity index is 421. The van der Waals surface area contributed by atoms with Crippen molar-refractivity contribution in [3.63, 3.8) is 0 Å². The van der Waals surface area contributed by atoms with Gasteiger partial charge in [-0.2, -0.15) is 13.2 Å². The molecule has 112 valence electrons. The summed E-state index contributed by atoms with van der Waals surface area (Å²) in [5, 5.41) is 3.16. The molecule has 0 spiro atoms. The molecule has 1 amide bonds. The molecule has 0 aliphatic carbocycles. The zero-order valence-electron chi connectivity index (χ0n) is 11.2. The van der Waals surface area contributed by atoms with E-state index in [1.54, 1.807) is 0 Å². The van der Waals surface area contributed by atoms with Crippen LogP contribution in [0.1, 0.15) is 31.7 Å². The van der Waals surface area contributed by atoms with E-state index in [2.05, 4.69) is 17.2 Å². The monoisotopic (exact) mass is 306 g/mol. The summed E-state index contributed by atoms with van der Waals surface area (Å²) in [6.45, 7) is 2.71. The highest BCUT2D eigenvalue weighted by molar-refractivity contribution is 7.99. The van der Waals surface area contributed by atoms with Crippen LogP contribution in [-0.4, -0.2) is 23.2 Å². The second-order valence-corrected chi connectivity index (χ2v) is 5.22. The van der Waals surface area contributed by atoms with Crippen LogP contribution in [-0.2, 0) is 11.0 Å². The van der Waals surface area contributed by atoms with Gasteiger partial charge in [-0.1, -0.05) is 31.5 Å². The quantitative estimate of drug-likeness (QED) is 0.619. The van der Waals surface area contributed by atoms with E-state index < -0.39 is 11.7 Å². The number of hydrogen-bond acceptors (Lipinski definition) is 3. The summed E-state index contributed by atoms with van der Waals surface area (Å²) in [4.78, 5) is 15.2. The van der Waals surface area contributed by atoms with E-state index in [1.165, 1.54) is 6.07 Å². The number of carbonyl (C=O) groups is 1. The van der Waals surface area contributed by atoms with E-state index >= 15 is 0 Å². The van der Waals surface area contributed by atoms with Crippen molar-refractivity contribution < 1.29 is 18.0 Å². The number of pyridine rings is 1. The maximum Gasteiger partial charge on any atom is 0.417 e. The predicted octanol–water partition coefficient (Wildman–Crippen LogP) is 3.50. The van der Waals surface area contributed by atoms with Crippen molar-refractivity contribution in [3.8, 4) is 0 Å². The van der Waals surface area contributed by atoms with Gasteiger partial charge in [-0.15, -0.1) is 0 Å². The second kappa shape index (κ2) is 8.14. The average Bonchev–Trinajstić information content (AvgIpc) is 2.41. The third kappa shape index (κ3) is 6.27. The van der Waals surface area contributed by atoms with E-state index in [0.717, 1.165) is 43.3 Å². The fourth-order valence-corrected chi connectivity index (χ4v) is 2.10. The van der Waals surface area contributed by atoms with E-state index in [4.69, 9.17) is 0 Å². The van der Waals surface area contributed by atoms with Gasteiger partial charge in [0, 0.05) is 12.7 Å². The summed E-state index contributed by atoms with van der Waals surface area (Å²) >= 11 is 1.12. The van der Waals surface area contributed by atoms with Gasteiger partial charge in [-0.05, 0) is 18.6 Å². The van der Waals surface area contributed by atoms with E-state index in [-0.39, 0.29) is 11.7 Å². The summed E-state index contributed by atoms with van der Waals surface area (Å²) < 4.78 is 37.0. The van der Waals surface area contributed by atoms with Gasteiger partial charge in [0.2, 0.25) is 5.91 Å². The van der Waals surface area contributed by atoms with Crippen LogP contribution >= 0.6 is 11.8 Å². The number of amides is 1. The molecule has 0 atom stereocenters. The molecule has 0 aliphatic rings. The van der Waals surface area contributed by atoms with Crippen LogP contribution in [0, 0.1) is 0 Å². The minimum Gasteiger partial charge on any atom is -0.355 e. The maximum atomic E-state index is 12.3. The van der Waals surface area contributed by atoms with Crippen molar-refractivity contribution in [2.45, 2.75) is 37.4 Å². The van der Waals surface area contributed by atoms with Crippen LogP contribution in [0.5, 0.6) is 0 Å². The lowest BCUT2D eigenvalue weighted by molar-refractivity contribution is -0.137. The summed E-state index contributed by atoms with van der Waals surface area (Å²) in [5.41, 5.74) is -0.786. The third-order valence-electron chi connectivity index (χ3n) is 2.52. The Morgan fingerprint density at radius 3 is 2.65 bits per heavy atom. The van der Waals surface area contributed by atoms with Gasteiger partial charge in [0.15, 0.2) is 0 Å². The molecule has 1 aromatic heterocycles. The van der Waals surface area contributed by atoms with Crippen LogP contribution in [0.25, 0.3) is 0 Å². The molecule has 7 heteroatoms. The highest BCUT2D eigenvalue weighted by Gasteiger charge is 2.30.